The number of benzene rings is 1. The Bertz CT molecular complexity index is 618. The maximum absolute atomic E-state index is 11.1. The van der Waals surface area contributed by atoms with Crippen LogP contribution in [-0.2, 0) is 11.2 Å². The third kappa shape index (κ3) is 2.97. The second-order valence-electron chi connectivity index (χ2n) is 4.59. The Morgan fingerprint density at radius 3 is 3.10 bits per heavy atom. The number of amides is 1. The molecule has 2 aromatic rings. The van der Waals surface area contributed by atoms with Crippen LogP contribution in [0.15, 0.2) is 28.8 Å². The lowest BCUT2D eigenvalue weighted by molar-refractivity contribution is -0.121. The maximum Gasteiger partial charge on any atom is 0.245 e. The molecule has 7 heteroatoms. The topological polar surface area (TPSA) is 80.1 Å². The lowest BCUT2D eigenvalue weighted by atomic mass is 10.1. The van der Waals surface area contributed by atoms with Gasteiger partial charge in [-0.15, -0.1) is 0 Å². The third-order valence-corrected chi connectivity index (χ3v) is 3.28. The summed E-state index contributed by atoms with van der Waals surface area (Å²) in [6.07, 6.45) is 0.559. The molecule has 0 saturated carbocycles. The van der Waals surface area contributed by atoms with Gasteiger partial charge in [-0.25, -0.2) is 0 Å². The van der Waals surface area contributed by atoms with Crippen molar-refractivity contribution in [3.8, 4) is 0 Å². The number of hydrogen-bond donors (Lipinski definition) is 2. The Kier molecular flexibility index (Phi) is 3.66. The normalized spacial score (nSPS) is 18.9. The van der Waals surface area contributed by atoms with Crippen LogP contribution in [0.25, 0.3) is 0 Å². The minimum atomic E-state index is -0.131. The molecule has 2 N–H and O–H groups in total. The van der Waals surface area contributed by atoms with Gasteiger partial charge in [-0.1, -0.05) is 28.9 Å². The summed E-state index contributed by atoms with van der Waals surface area (Å²) in [5.41, 5.74) is 1.02. The molecule has 6 nitrogen and oxygen atoms in total. The molecule has 1 unspecified atom stereocenters. The summed E-state index contributed by atoms with van der Waals surface area (Å²) in [7, 11) is 0. The molecule has 0 radical (unpaired) electrons. The molecule has 104 valence electrons. The molecule has 1 aromatic heterocycles. The Morgan fingerprint density at radius 2 is 2.35 bits per heavy atom. The van der Waals surface area contributed by atoms with Crippen molar-refractivity contribution in [3.05, 3.63) is 46.6 Å². The summed E-state index contributed by atoms with van der Waals surface area (Å²) < 4.78 is 5.23. The number of nitrogens with zero attached hydrogens (tertiary/aromatic N) is 2. The van der Waals surface area contributed by atoms with Gasteiger partial charge in [-0.3, -0.25) is 10.1 Å². The fourth-order valence-electron chi connectivity index (χ4n) is 2.05. The SMILES string of the molecule is O=C1CNC(c2nc(Cc3cccc(Cl)c3)no2)CN1. The Hall–Kier alpha value is -1.92. The van der Waals surface area contributed by atoms with E-state index in [0.717, 1.165) is 5.56 Å². The first-order chi connectivity index (χ1) is 9.70. The molecular formula is C13H13ClN4O2. The predicted molar refractivity (Wildman–Crippen MR) is 72.3 cm³/mol. The van der Waals surface area contributed by atoms with Crippen molar-refractivity contribution in [3.63, 3.8) is 0 Å². The van der Waals surface area contributed by atoms with Crippen molar-refractivity contribution in [1.29, 1.82) is 0 Å². The first-order valence-corrected chi connectivity index (χ1v) is 6.65. The standard InChI is InChI=1S/C13H13ClN4O2/c14-9-3-1-2-8(4-9)5-11-17-13(20-18-11)10-6-16-12(19)7-15-10/h1-4,10,15H,5-7H2,(H,16,19). The van der Waals surface area contributed by atoms with E-state index < -0.39 is 0 Å². The Morgan fingerprint density at radius 1 is 1.45 bits per heavy atom. The smallest absolute Gasteiger partial charge is 0.245 e. The van der Waals surface area contributed by atoms with E-state index in [1.165, 1.54) is 0 Å². The van der Waals surface area contributed by atoms with Gasteiger partial charge in [0.05, 0.1) is 6.54 Å². The number of halogens is 1. The summed E-state index contributed by atoms with van der Waals surface area (Å²) in [5, 5.41) is 10.4. The number of nitrogens with one attached hydrogen (secondary N) is 2. The number of carbonyl (C=O) groups is 1. The molecule has 2 heterocycles. The van der Waals surface area contributed by atoms with Crippen LogP contribution in [0.2, 0.25) is 5.02 Å². The molecule has 1 aliphatic rings. The van der Waals surface area contributed by atoms with E-state index in [1.54, 1.807) is 0 Å². The first-order valence-electron chi connectivity index (χ1n) is 6.28. The van der Waals surface area contributed by atoms with Crippen molar-refractivity contribution < 1.29 is 9.32 Å². The van der Waals surface area contributed by atoms with E-state index in [-0.39, 0.29) is 18.5 Å². The predicted octanol–water partition coefficient (Wildman–Crippen LogP) is 1.07. The van der Waals surface area contributed by atoms with Gasteiger partial charge in [0.25, 0.3) is 0 Å². The van der Waals surface area contributed by atoms with E-state index in [2.05, 4.69) is 20.8 Å². The van der Waals surface area contributed by atoms with Gasteiger partial charge in [0, 0.05) is 18.0 Å². The quantitative estimate of drug-likeness (QED) is 0.885. The van der Waals surface area contributed by atoms with Gasteiger partial charge in [0.1, 0.15) is 6.04 Å². The molecule has 1 saturated heterocycles. The molecule has 1 aliphatic heterocycles. The van der Waals surface area contributed by atoms with Gasteiger partial charge in [-0.2, -0.15) is 4.98 Å². The monoisotopic (exact) mass is 292 g/mol. The molecule has 20 heavy (non-hydrogen) atoms. The van der Waals surface area contributed by atoms with Crippen LogP contribution in [0.1, 0.15) is 23.3 Å². The van der Waals surface area contributed by atoms with Crippen molar-refractivity contribution in [1.82, 2.24) is 20.8 Å². The zero-order valence-corrected chi connectivity index (χ0v) is 11.4. The van der Waals surface area contributed by atoms with Crippen LogP contribution in [0.5, 0.6) is 0 Å². The lowest BCUT2D eigenvalue weighted by Gasteiger charge is -2.20. The fourth-order valence-corrected chi connectivity index (χ4v) is 2.26. The Balaban J connectivity index is 1.69. The molecule has 0 aliphatic carbocycles. The number of piperazine rings is 1. The highest BCUT2D eigenvalue weighted by molar-refractivity contribution is 6.30. The van der Waals surface area contributed by atoms with Crippen LogP contribution in [0.4, 0.5) is 0 Å². The zero-order valence-electron chi connectivity index (χ0n) is 10.6. The molecule has 1 atom stereocenters. The number of carbonyl (C=O) groups excluding carboxylic acids is 1. The van der Waals surface area contributed by atoms with Gasteiger partial charge >= 0.3 is 0 Å². The first kappa shape index (κ1) is 13.1. The van der Waals surface area contributed by atoms with Crippen molar-refractivity contribution in [2.24, 2.45) is 0 Å². The summed E-state index contributed by atoms with van der Waals surface area (Å²) in [6.45, 7) is 0.717. The second kappa shape index (κ2) is 5.60. The fraction of sp³-hybridized carbons (Fsp3) is 0.308. The lowest BCUT2D eigenvalue weighted by Crippen LogP contribution is -2.47. The van der Waals surface area contributed by atoms with Gasteiger partial charge in [0.2, 0.25) is 11.8 Å². The Labute approximate surface area is 120 Å². The number of aromatic nitrogens is 2. The van der Waals surface area contributed by atoms with E-state index in [0.29, 0.717) is 29.7 Å². The number of rotatable bonds is 3. The van der Waals surface area contributed by atoms with Gasteiger partial charge in [0.15, 0.2) is 5.82 Å². The summed E-state index contributed by atoms with van der Waals surface area (Å²) in [5.74, 6) is 1.06. The average Bonchev–Trinajstić information content (AvgIpc) is 2.88. The van der Waals surface area contributed by atoms with E-state index in [4.69, 9.17) is 16.1 Å². The summed E-state index contributed by atoms with van der Waals surface area (Å²) >= 11 is 5.94. The van der Waals surface area contributed by atoms with Crippen molar-refractivity contribution in [2.75, 3.05) is 13.1 Å². The molecular weight excluding hydrogens is 280 g/mol. The largest absolute Gasteiger partial charge is 0.353 e. The maximum atomic E-state index is 11.1. The van der Waals surface area contributed by atoms with Gasteiger partial charge in [-0.05, 0) is 17.7 Å². The molecule has 3 rings (SSSR count). The van der Waals surface area contributed by atoms with Crippen LogP contribution < -0.4 is 10.6 Å². The summed E-state index contributed by atoms with van der Waals surface area (Å²) in [4.78, 5) is 15.4. The van der Waals surface area contributed by atoms with E-state index in [9.17, 15) is 4.79 Å². The van der Waals surface area contributed by atoms with Crippen molar-refractivity contribution >= 4 is 17.5 Å². The van der Waals surface area contributed by atoms with E-state index >= 15 is 0 Å². The molecule has 1 aromatic carbocycles. The third-order valence-electron chi connectivity index (χ3n) is 3.05. The molecule has 1 amide bonds. The van der Waals surface area contributed by atoms with Crippen molar-refractivity contribution in [2.45, 2.75) is 12.5 Å². The highest BCUT2D eigenvalue weighted by atomic mass is 35.5. The molecule has 1 fully saturated rings. The highest BCUT2D eigenvalue weighted by Crippen LogP contribution is 2.16. The van der Waals surface area contributed by atoms with Crippen LogP contribution in [-0.4, -0.2) is 29.1 Å². The minimum Gasteiger partial charge on any atom is -0.353 e. The number of hydrogen-bond acceptors (Lipinski definition) is 5. The second-order valence-corrected chi connectivity index (χ2v) is 5.03. The zero-order chi connectivity index (χ0) is 13.9. The highest BCUT2D eigenvalue weighted by Gasteiger charge is 2.23. The van der Waals surface area contributed by atoms with Crippen LogP contribution >= 0.6 is 11.6 Å². The average molecular weight is 293 g/mol. The minimum absolute atomic E-state index is 0.0279. The summed E-state index contributed by atoms with van der Waals surface area (Å²) in [6, 6.07) is 7.41. The molecule has 0 spiro atoms. The van der Waals surface area contributed by atoms with Gasteiger partial charge < -0.3 is 9.84 Å². The molecule has 0 bridgehead atoms. The van der Waals surface area contributed by atoms with E-state index in [1.807, 2.05) is 24.3 Å². The van der Waals surface area contributed by atoms with Crippen LogP contribution in [0, 0.1) is 0 Å². The van der Waals surface area contributed by atoms with Crippen LogP contribution in [0.3, 0.4) is 0 Å².